The van der Waals surface area contributed by atoms with Crippen molar-refractivity contribution in [1.29, 1.82) is 0 Å². The van der Waals surface area contributed by atoms with Crippen LogP contribution in [0.25, 0.3) is 0 Å². The van der Waals surface area contributed by atoms with E-state index >= 15 is 0 Å². The largest absolute Gasteiger partial charge is 0.453 e. The lowest BCUT2D eigenvalue weighted by Gasteiger charge is -2.43. The smallest absolute Gasteiger partial charge is 0.338 e. The van der Waals surface area contributed by atoms with Crippen LogP contribution in [0.3, 0.4) is 0 Å². The Kier molecular flexibility index (Phi) is 8.55. The summed E-state index contributed by atoms with van der Waals surface area (Å²) in [7, 11) is 0. The Hall–Kier alpha value is -2.55. The Morgan fingerprint density at radius 3 is 1.81 bits per heavy atom. The van der Waals surface area contributed by atoms with Crippen molar-refractivity contribution in [3.63, 3.8) is 0 Å². The fourth-order valence-electron chi connectivity index (χ4n) is 3.30. The van der Waals surface area contributed by atoms with Crippen LogP contribution in [0.15, 0.2) is 60.7 Å². The highest BCUT2D eigenvalue weighted by molar-refractivity contribution is 7.99. The van der Waals surface area contributed by atoms with Crippen molar-refractivity contribution < 1.29 is 33.3 Å². The highest BCUT2D eigenvalue weighted by atomic mass is 35.5. The molecule has 2 aromatic rings. The van der Waals surface area contributed by atoms with Gasteiger partial charge in [0.15, 0.2) is 18.3 Å². The lowest BCUT2D eigenvalue weighted by atomic mass is 9.99. The van der Waals surface area contributed by atoms with Crippen molar-refractivity contribution in [3.05, 3.63) is 71.8 Å². The number of halogens is 1. The minimum Gasteiger partial charge on any atom is -0.453 e. The Morgan fingerprint density at radius 2 is 1.34 bits per heavy atom. The third-order valence-corrected chi connectivity index (χ3v) is 5.90. The fourth-order valence-corrected chi connectivity index (χ4v) is 4.13. The first-order valence-corrected chi connectivity index (χ1v) is 11.7. The van der Waals surface area contributed by atoms with E-state index in [-0.39, 0.29) is 0 Å². The first-order chi connectivity index (χ1) is 15.4. The van der Waals surface area contributed by atoms with E-state index in [4.69, 9.17) is 30.5 Å². The number of esters is 3. The van der Waals surface area contributed by atoms with E-state index in [2.05, 4.69) is 0 Å². The van der Waals surface area contributed by atoms with Gasteiger partial charge in [-0.25, -0.2) is 9.59 Å². The summed E-state index contributed by atoms with van der Waals surface area (Å²) in [5.74, 6) is -2.37. The summed E-state index contributed by atoms with van der Waals surface area (Å²) in [6, 6.07) is 16.8. The normalized spacial score (nSPS) is 24.9. The Bertz CT molecular complexity index is 924. The molecule has 0 aromatic heterocycles. The van der Waals surface area contributed by atoms with Crippen molar-refractivity contribution in [1.82, 2.24) is 0 Å². The fraction of sp³-hybridized carbons (Fsp3) is 0.348. The maximum Gasteiger partial charge on any atom is 0.338 e. The molecule has 1 heterocycles. The number of ether oxygens (including phenoxy) is 4. The van der Waals surface area contributed by atoms with Crippen molar-refractivity contribution in [2.24, 2.45) is 0 Å². The second-order valence-corrected chi connectivity index (χ2v) is 8.21. The summed E-state index contributed by atoms with van der Waals surface area (Å²) < 4.78 is 22.9. The molecule has 0 bridgehead atoms. The van der Waals surface area contributed by atoms with E-state index in [0.717, 1.165) is 0 Å². The number of rotatable bonds is 7. The summed E-state index contributed by atoms with van der Waals surface area (Å²) >= 11 is 6.94. The second kappa shape index (κ2) is 11.4. The van der Waals surface area contributed by atoms with Gasteiger partial charge in [-0.2, -0.15) is 0 Å². The molecular formula is C23H23ClO7S. The molecule has 1 aliphatic rings. The molecule has 0 radical (unpaired) electrons. The Labute approximate surface area is 195 Å². The molecule has 9 heteroatoms. The molecule has 2 aromatic carbocycles. The molecule has 0 amide bonds. The molecule has 0 N–H and O–H groups in total. The first-order valence-electron chi connectivity index (χ1n) is 9.90. The topological polar surface area (TPSA) is 88.1 Å². The molecule has 0 aliphatic carbocycles. The zero-order chi connectivity index (χ0) is 23.1. The number of benzene rings is 2. The molecule has 3 rings (SSSR count). The van der Waals surface area contributed by atoms with Crippen molar-refractivity contribution >= 4 is 41.3 Å². The predicted molar refractivity (Wildman–Crippen MR) is 120 cm³/mol. The molecule has 1 aliphatic heterocycles. The highest BCUT2D eigenvalue weighted by Crippen LogP contribution is 2.33. The molecule has 7 nitrogen and oxygen atoms in total. The lowest BCUT2D eigenvalue weighted by molar-refractivity contribution is -0.210. The van der Waals surface area contributed by atoms with E-state index in [9.17, 15) is 14.4 Å². The summed E-state index contributed by atoms with van der Waals surface area (Å²) in [5, 5.41) is 0. The van der Waals surface area contributed by atoms with Crippen LogP contribution in [-0.2, 0) is 23.7 Å². The number of carbonyl (C=O) groups is 3. The van der Waals surface area contributed by atoms with Gasteiger partial charge in [-0.05, 0) is 37.4 Å². The third-order valence-electron chi connectivity index (χ3n) is 4.84. The van der Waals surface area contributed by atoms with Crippen LogP contribution in [0.2, 0.25) is 0 Å². The van der Waals surface area contributed by atoms with Crippen LogP contribution >= 0.6 is 23.4 Å². The summed E-state index contributed by atoms with van der Waals surface area (Å²) in [5.41, 5.74) is -0.00405. The van der Waals surface area contributed by atoms with Crippen LogP contribution in [-0.4, -0.2) is 59.9 Å². The average molecular weight is 479 g/mol. The van der Waals surface area contributed by atoms with Crippen molar-refractivity contribution in [3.8, 4) is 0 Å². The maximum absolute atomic E-state index is 12.7. The number of alkyl halides is 1. The highest BCUT2D eigenvalue weighted by Gasteiger charge is 2.50. The van der Waals surface area contributed by atoms with Gasteiger partial charge in [-0.15, -0.1) is 23.4 Å². The van der Waals surface area contributed by atoms with Gasteiger partial charge in [-0.3, -0.25) is 4.79 Å². The molecule has 0 spiro atoms. The number of thioether (sulfide) groups is 1. The Morgan fingerprint density at radius 1 is 0.844 bits per heavy atom. The quantitative estimate of drug-likeness (QED) is 0.338. The summed E-state index contributed by atoms with van der Waals surface area (Å²) in [4.78, 5) is 37.6. The molecule has 0 saturated carbocycles. The monoisotopic (exact) mass is 478 g/mol. The average Bonchev–Trinajstić information content (AvgIpc) is 2.83. The van der Waals surface area contributed by atoms with Crippen LogP contribution in [0.4, 0.5) is 0 Å². The van der Waals surface area contributed by atoms with Crippen LogP contribution in [0.1, 0.15) is 27.6 Å². The molecular weight excluding hydrogens is 456 g/mol. The predicted octanol–water partition coefficient (Wildman–Crippen LogP) is 3.70. The van der Waals surface area contributed by atoms with E-state index in [1.54, 1.807) is 73.8 Å². The molecule has 5 atom stereocenters. The third kappa shape index (κ3) is 5.82. The van der Waals surface area contributed by atoms with Gasteiger partial charge in [-0.1, -0.05) is 36.4 Å². The standard InChI is InChI=1S/C23H23ClO7S/c1-14-18(30-21(26)15-9-5-3-6-10-15)19(29-17(25)13-24)20(23(28-14)32-2)31-22(27)16-11-7-4-8-12-16/h3-12,14,18-20,23H,13H2,1-2H3/t14-,18-,19+,20+,23-/m0/s1. The maximum atomic E-state index is 12.7. The lowest BCUT2D eigenvalue weighted by Crippen LogP contribution is -2.60. The molecule has 32 heavy (non-hydrogen) atoms. The van der Waals surface area contributed by atoms with E-state index in [0.29, 0.717) is 11.1 Å². The molecule has 1 saturated heterocycles. The SMILES string of the molecule is CS[C@@H]1O[C@@H](C)[C@H](OC(=O)c2ccccc2)[C@@H](OC(=O)CCl)[C@H]1OC(=O)c1ccccc1. The molecule has 1 fully saturated rings. The zero-order valence-corrected chi connectivity index (χ0v) is 19.1. The minimum absolute atomic E-state index is 0.325. The van der Waals surface area contributed by atoms with Gasteiger partial charge in [0.1, 0.15) is 11.3 Å². The van der Waals surface area contributed by atoms with Gasteiger partial charge in [0.25, 0.3) is 0 Å². The van der Waals surface area contributed by atoms with E-state index < -0.39 is 53.6 Å². The Balaban J connectivity index is 1.89. The molecule has 0 unspecified atom stereocenters. The van der Waals surface area contributed by atoms with Gasteiger partial charge >= 0.3 is 17.9 Å². The summed E-state index contributed by atoms with van der Waals surface area (Å²) in [6.45, 7) is 1.70. The number of hydrogen-bond donors (Lipinski definition) is 0. The van der Waals surface area contributed by atoms with E-state index in [1.165, 1.54) is 11.8 Å². The van der Waals surface area contributed by atoms with Crippen LogP contribution in [0.5, 0.6) is 0 Å². The second-order valence-electron chi connectivity index (χ2n) is 7.01. The van der Waals surface area contributed by atoms with Crippen LogP contribution in [0, 0.1) is 0 Å². The van der Waals surface area contributed by atoms with Crippen molar-refractivity contribution in [2.75, 3.05) is 12.1 Å². The first kappa shape index (κ1) is 24.1. The molecule has 170 valence electrons. The van der Waals surface area contributed by atoms with Gasteiger partial charge in [0, 0.05) is 0 Å². The van der Waals surface area contributed by atoms with Crippen LogP contribution < -0.4 is 0 Å². The van der Waals surface area contributed by atoms with E-state index in [1.807, 2.05) is 0 Å². The minimum atomic E-state index is -1.11. The number of carbonyl (C=O) groups excluding carboxylic acids is 3. The van der Waals surface area contributed by atoms with Gasteiger partial charge in [0.2, 0.25) is 0 Å². The van der Waals surface area contributed by atoms with Crippen molar-refractivity contribution in [2.45, 2.75) is 36.8 Å². The van der Waals surface area contributed by atoms with Gasteiger partial charge < -0.3 is 18.9 Å². The zero-order valence-electron chi connectivity index (χ0n) is 17.5. The van der Waals surface area contributed by atoms with Gasteiger partial charge in [0.05, 0.1) is 17.2 Å². The summed E-state index contributed by atoms with van der Waals surface area (Å²) in [6.07, 6.45) is -2.03. The number of hydrogen-bond acceptors (Lipinski definition) is 8.